The number of nitrogens with zero attached hydrogens (tertiary/aromatic N) is 3. The van der Waals surface area contributed by atoms with Gasteiger partial charge in [0, 0.05) is 18.0 Å². The van der Waals surface area contributed by atoms with Crippen LogP contribution in [0.4, 0.5) is 5.69 Å². The van der Waals surface area contributed by atoms with Crippen molar-refractivity contribution in [2.45, 2.75) is 18.9 Å². The maximum atomic E-state index is 12.3. The predicted molar refractivity (Wildman–Crippen MR) is 79.8 cm³/mol. The second-order valence-electron chi connectivity index (χ2n) is 5.08. The number of hydrogen-bond donors (Lipinski definition) is 2. The van der Waals surface area contributed by atoms with Crippen LogP contribution in [0.25, 0.3) is 10.2 Å². The number of nitrogens with one attached hydrogen (secondary N) is 1. The van der Waals surface area contributed by atoms with Crippen LogP contribution in [0.15, 0.2) is 12.3 Å². The Bertz CT molecular complexity index is 641. The molecule has 1 aliphatic rings. The van der Waals surface area contributed by atoms with Gasteiger partial charge in [-0.2, -0.15) is 5.10 Å². The van der Waals surface area contributed by atoms with Crippen molar-refractivity contribution < 1.29 is 4.79 Å². The Balaban J connectivity index is 1.74. The number of hydrogen-bond acceptors (Lipinski definition) is 6. The summed E-state index contributed by atoms with van der Waals surface area (Å²) in [6, 6.07) is 2.21. The van der Waals surface area contributed by atoms with E-state index in [1.54, 1.807) is 12.3 Å². The summed E-state index contributed by atoms with van der Waals surface area (Å²) >= 11 is 1.29. The molecule has 0 aromatic carbocycles. The van der Waals surface area contributed by atoms with E-state index < -0.39 is 0 Å². The van der Waals surface area contributed by atoms with Gasteiger partial charge >= 0.3 is 0 Å². The van der Waals surface area contributed by atoms with Crippen LogP contribution in [-0.2, 0) is 0 Å². The van der Waals surface area contributed by atoms with Gasteiger partial charge in [-0.3, -0.25) is 4.79 Å². The fourth-order valence-corrected chi connectivity index (χ4v) is 3.52. The largest absolute Gasteiger partial charge is 0.397 e. The molecule has 1 atom stereocenters. The molecule has 2 aromatic rings. The van der Waals surface area contributed by atoms with Crippen molar-refractivity contribution in [3.8, 4) is 0 Å². The first-order valence-electron chi connectivity index (χ1n) is 6.65. The standard InChI is InChI=1S/C13H17N5OS/c1-18-6-2-3-8(18)7-15-12(19)11-10(14)9-4-5-16-17-13(9)20-11/h4-5,8H,2-3,6-7,14H2,1H3,(H,15,19). The van der Waals surface area contributed by atoms with Gasteiger partial charge in [-0.15, -0.1) is 16.4 Å². The minimum atomic E-state index is -0.120. The summed E-state index contributed by atoms with van der Waals surface area (Å²) in [5.41, 5.74) is 6.52. The highest BCUT2D eigenvalue weighted by atomic mass is 32.1. The maximum absolute atomic E-state index is 12.3. The molecule has 3 N–H and O–H groups in total. The van der Waals surface area contributed by atoms with Gasteiger partial charge in [0.05, 0.1) is 11.9 Å². The highest BCUT2D eigenvalue weighted by molar-refractivity contribution is 7.21. The molecule has 1 saturated heterocycles. The first kappa shape index (κ1) is 13.3. The van der Waals surface area contributed by atoms with Crippen LogP contribution in [0.5, 0.6) is 0 Å². The molecule has 1 fully saturated rings. The minimum absolute atomic E-state index is 0.120. The third-order valence-corrected chi connectivity index (χ3v) is 4.90. The van der Waals surface area contributed by atoms with Crippen LogP contribution >= 0.6 is 11.3 Å². The number of anilines is 1. The lowest BCUT2D eigenvalue weighted by Gasteiger charge is -2.19. The average Bonchev–Trinajstić information content (AvgIpc) is 3.01. The second kappa shape index (κ2) is 5.34. The summed E-state index contributed by atoms with van der Waals surface area (Å²) in [6.45, 7) is 1.76. The number of likely N-dealkylation sites (N-methyl/N-ethyl adjacent to an activating group) is 1. The van der Waals surface area contributed by atoms with E-state index in [-0.39, 0.29) is 5.91 Å². The highest BCUT2D eigenvalue weighted by Crippen LogP contribution is 2.31. The SMILES string of the molecule is CN1CCCC1CNC(=O)c1sc2nnccc2c1N. The summed E-state index contributed by atoms with van der Waals surface area (Å²) in [5, 5.41) is 11.6. The lowest BCUT2D eigenvalue weighted by atomic mass is 10.2. The molecule has 0 saturated carbocycles. The van der Waals surface area contributed by atoms with Crippen molar-refractivity contribution in [2.75, 3.05) is 25.9 Å². The number of likely N-dealkylation sites (tertiary alicyclic amines) is 1. The monoisotopic (exact) mass is 291 g/mol. The molecular formula is C13H17N5OS. The molecule has 0 radical (unpaired) electrons. The zero-order chi connectivity index (χ0) is 14.1. The highest BCUT2D eigenvalue weighted by Gasteiger charge is 2.23. The first-order valence-corrected chi connectivity index (χ1v) is 7.46. The fourth-order valence-electron chi connectivity index (χ4n) is 2.57. The van der Waals surface area contributed by atoms with Gasteiger partial charge in [-0.25, -0.2) is 0 Å². The first-order chi connectivity index (χ1) is 9.66. The van der Waals surface area contributed by atoms with Gasteiger partial charge < -0.3 is 16.0 Å². The normalized spacial score (nSPS) is 19.6. The van der Waals surface area contributed by atoms with E-state index in [9.17, 15) is 4.79 Å². The summed E-state index contributed by atoms with van der Waals surface area (Å²) in [6.07, 6.45) is 3.91. The molecule has 1 unspecified atom stereocenters. The topological polar surface area (TPSA) is 84.1 Å². The summed E-state index contributed by atoms with van der Waals surface area (Å²) in [4.78, 5) is 15.8. The fraction of sp³-hybridized carbons (Fsp3) is 0.462. The second-order valence-corrected chi connectivity index (χ2v) is 6.08. The Morgan fingerprint density at radius 2 is 2.50 bits per heavy atom. The van der Waals surface area contributed by atoms with E-state index in [0.717, 1.165) is 18.4 Å². The molecule has 6 nitrogen and oxygen atoms in total. The Kier molecular flexibility index (Phi) is 3.54. The molecule has 3 heterocycles. The molecule has 106 valence electrons. The van der Waals surface area contributed by atoms with Gasteiger partial charge in [0.2, 0.25) is 0 Å². The zero-order valence-electron chi connectivity index (χ0n) is 11.3. The van der Waals surface area contributed by atoms with Crippen molar-refractivity contribution in [2.24, 2.45) is 0 Å². The molecule has 2 aromatic heterocycles. The van der Waals surface area contributed by atoms with Crippen LogP contribution in [0.3, 0.4) is 0 Å². The van der Waals surface area contributed by atoms with Gasteiger partial charge in [-0.05, 0) is 32.5 Å². The number of aromatic nitrogens is 2. The summed E-state index contributed by atoms with van der Waals surface area (Å²) in [7, 11) is 2.09. The number of carbonyl (C=O) groups is 1. The number of rotatable bonds is 3. The summed E-state index contributed by atoms with van der Waals surface area (Å²) in [5.74, 6) is -0.120. The average molecular weight is 291 g/mol. The van der Waals surface area contributed by atoms with E-state index in [0.29, 0.717) is 28.0 Å². The van der Waals surface area contributed by atoms with E-state index >= 15 is 0 Å². The molecule has 0 bridgehead atoms. The van der Waals surface area contributed by atoms with Crippen molar-refractivity contribution in [1.82, 2.24) is 20.4 Å². The Labute approximate surface area is 121 Å². The van der Waals surface area contributed by atoms with E-state index in [1.807, 2.05) is 0 Å². The van der Waals surface area contributed by atoms with Crippen LogP contribution in [0, 0.1) is 0 Å². The minimum Gasteiger partial charge on any atom is -0.397 e. The number of fused-ring (bicyclic) bond motifs is 1. The smallest absolute Gasteiger partial charge is 0.263 e. The molecule has 0 spiro atoms. The number of thiophene rings is 1. The number of carbonyl (C=O) groups excluding carboxylic acids is 1. The third kappa shape index (κ3) is 2.34. The van der Waals surface area contributed by atoms with Gasteiger partial charge in [0.1, 0.15) is 9.71 Å². The molecule has 20 heavy (non-hydrogen) atoms. The van der Waals surface area contributed by atoms with Crippen molar-refractivity contribution in [3.63, 3.8) is 0 Å². The van der Waals surface area contributed by atoms with Gasteiger partial charge in [0.15, 0.2) is 0 Å². The molecule has 1 aliphatic heterocycles. The van der Waals surface area contributed by atoms with Crippen molar-refractivity contribution >= 4 is 33.1 Å². The Morgan fingerprint density at radius 3 is 3.20 bits per heavy atom. The van der Waals surface area contributed by atoms with Crippen LogP contribution in [-0.4, -0.2) is 47.2 Å². The maximum Gasteiger partial charge on any atom is 0.263 e. The molecule has 7 heteroatoms. The number of nitrogens with two attached hydrogens (primary N) is 1. The third-order valence-electron chi connectivity index (χ3n) is 3.80. The van der Waals surface area contributed by atoms with Crippen LogP contribution < -0.4 is 11.1 Å². The number of amides is 1. The lowest BCUT2D eigenvalue weighted by molar-refractivity contribution is 0.0948. The molecule has 1 amide bonds. The van der Waals surface area contributed by atoms with Crippen LogP contribution in [0.2, 0.25) is 0 Å². The summed E-state index contributed by atoms with van der Waals surface area (Å²) < 4.78 is 0. The van der Waals surface area contributed by atoms with Crippen molar-refractivity contribution in [1.29, 1.82) is 0 Å². The Morgan fingerprint density at radius 1 is 1.65 bits per heavy atom. The predicted octanol–water partition coefficient (Wildman–Crippen LogP) is 1.10. The van der Waals surface area contributed by atoms with Crippen LogP contribution in [0.1, 0.15) is 22.5 Å². The van der Waals surface area contributed by atoms with E-state index in [1.165, 1.54) is 17.8 Å². The number of nitrogen functional groups attached to an aromatic ring is 1. The quantitative estimate of drug-likeness (QED) is 0.884. The molecular weight excluding hydrogens is 274 g/mol. The van der Waals surface area contributed by atoms with Gasteiger partial charge in [0.25, 0.3) is 5.91 Å². The zero-order valence-corrected chi connectivity index (χ0v) is 12.1. The lowest BCUT2D eigenvalue weighted by Crippen LogP contribution is -2.38. The van der Waals surface area contributed by atoms with E-state index in [4.69, 9.17) is 5.73 Å². The van der Waals surface area contributed by atoms with Gasteiger partial charge in [-0.1, -0.05) is 0 Å². The Hall–Kier alpha value is -1.73. The molecule has 0 aliphatic carbocycles. The van der Waals surface area contributed by atoms with E-state index in [2.05, 4.69) is 27.5 Å². The van der Waals surface area contributed by atoms with Crippen molar-refractivity contribution in [3.05, 3.63) is 17.1 Å². The molecule has 3 rings (SSSR count).